The molecule has 0 aliphatic rings. The fraction of sp³-hybridized carbons (Fsp3) is 0.200. The molecule has 0 aliphatic carbocycles. The second kappa shape index (κ2) is 5.80. The number of halogens is 3. The molecule has 0 heterocycles. The molecule has 0 saturated carbocycles. The van der Waals surface area contributed by atoms with E-state index >= 15 is 0 Å². The first-order valence-corrected chi connectivity index (χ1v) is 6.71. The van der Waals surface area contributed by atoms with Crippen molar-refractivity contribution in [3.05, 3.63) is 69.2 Å². The second-order valence-corrected chi connectivity index (χ2v) is 5.27. The van der Waals surface area contributed by atoms with Crippen LogP contribution in [0.15, 0.2) is 40.9 Å². The van der Waals surface area contributed by atoms with Crippen molar-refractivity contribution in [2.45, 2.75) is 13.0 Å². The minimum absolute atomic E-state index is 0.0513. The van der Waals surface area contributed by atoms with Gasteiger partial charge in [-0.05, 0) is 49.4 Å². The van der Waals surface area contributed by atoms with Crippen LogP contribution in [0.3, 0.4) is 0 Å². The summed E-state index contributed by atoms with van der Waals surface area (Å²) in [6.45, 7) is 1.92. The van der Waals surface area contributed by atoms with E-state index in [9.17, 15) is 8.78 Å². The third-order valence-corrected chi connectivity index (χ3v) is 3.61. The first-order chi connectivity index (χ1) is 9.04. The summed E-state index contributed by atoms with van der Waals surface area (Å²) in [5.41, 5.74) is 1.88. The highest BCUT2D eigenvalue weighted by molar-refractivity contribution is 9.10. The summed E-state index contributed by atoms with van der Waals surface area (Å²) in [7, 11) is 1.69. The van der Waals surface area contributed by atoms with Crippen LogP contribution in [0, 0.1) is 18.6 Å². The molecule has 0 aliphatic heterocycles. The summed E-state index contributed by atoms with van der Waals surface area (Å²) in [5, 5.41) is 2.98. The van der Waals surface area contributed by atoms with Crippen LogP contribution in [0.5, 0.6) is 0 Å². The van der Waals surface area contributed by atoms with E-state index in [2.05, 4.69) is 21.2 Å². The van der Waals surface area contributed by atoms with Crippen LogP contribution in [0.2, 0.25) is 0 Å². The Morgan fingerprint density at radius 3 is 2.26 bits per heavy atom. The average Bonchev–Trinajstić information content (AvgIpc) is 2.35. The molecule has 0 bridgehead atoms. The van der Waals surface area contributed by atoms with Gasteiger partial charge >= 0.3 is 0 Å². The normalized spacial score (nSPS) is 12.5. The molecule has 1 atom stereocenters. The van der Waals surface area contributed by atoms with Crippen molar-refractivity contribution in [2.75, 3.05) is 7.05 Å². The van der Waals surface area contributed by atoms with Crippen LogP contribution in [-0.2, 0) is 0 Å². The largest absolute Gasteiger partial charge is 0.309 e. The van der Waals surface area contributed by atoms with Crippen LogP contribution in [0.25, 0.3) is 0 Å². The first-order valence-electron chi connectivity index (χ1n) is 5.92. The highest BCUT2D eigenvalue weighted by atomic mass is 79.9. The van der Waals surface area contributed by atoms with Crippen molar-refractivity contribution in [3.8, 4) is 0 Å². The van der Waals surface area contributed by atoms with Gasteiger partial charge in [0.15, 0.2) is 0 Å². The number of rotatable bonds is 3. The summed E-state index contributed by atoms with van der Waals surface area (Å²) in [6.07, 6.45) is 0. The standard InChI is InChI=1S/C15H14BrF2N/c1-9-8-10(16)6-7-11(9)15(19-2)14-12(17)4-3-5-13(14)18/h3-8,15,19H,1-2H3. The summed E-state index contributed by atoms with van der Waals surface area (Å²) in [5.74, 6) is -1.08. The molecular formula is C15H14BrF2N. The van der Waals surface area contributed by atoms with Gasteiger partial charge in [-0.1, -0.05) is 28.1 Å². The van der Waals surface area contributed by atoms with Crippen molar-refractivity contribution in [2.24, 2.45) is 0 Å². The Hall–Kier alpha value is -1.26. The van der Waals surface area contributed by atoms with Gasteiger partial charge in [0.05, 0.1) is 6.04 Å². The van der Waals surface area contributed by atoms with E-state index in [0.29, 0.717) is 0 Å². The molecule has 2 aromatic carbocycles. The van der Waals surface area contributed by atoms with Gasteiger partial charge < -0.3 is 5.32 Å². The van der Waals surface area contributed by atoms with Crippen LogP contribution in [0.1, 0.15) is 22.7 Å². The fourth-order valence-corrected chi connectivity index (χ4v) is 2.68. The van der Waals surface area contributed by atoms with Crippen molar-refractivity contribution >= 4 is 15.9 Å². The van der Waals surface area contributed by atoms with Crippen molar-refractivity contribution < 1.29 is 8.78 Å². The van der Waals surface area contributed by atoms with Crippen molar-refractivity contribution in [3.63, 3.8) is 0 Å². The zero-order valence-electron chi connectivity index (χ0n) is 10.7. The Balaban J connectivity index is 2.56. The van der Waals surface area contributed by atoms with Gasteiger partial charge in [0.25, 0.3) is 0 Å². The van der Waals surface area contributed by atoms with E-state index in [1.807, 2.05) is 25.1 Å². The lowest BCUT2D eigenvalue weighted by molar-refractivity contribution is 0.521. The molecular weight excluding hydrogens is 312 g/mol. The maximum Gasteiger partial charge on any atom is 0.131 e. The minimum Gasteiger partial charge on any atom is -0.309 e. The van der Waals surface area contributed by atoms with E-state index in [4.69, 9.17) is 0 Å². The van der Waals surface area contributed by atoms with Crippen LogP contribution >= 0.6 is 15.9 Å². The molecule has 0 aromatic heterocycles. The van der Waals surface area contributed by atoms with Gasteiger partial charge in [0.2, 0.25) is 0 Å². The smallest absolute Gasteiger partial charge is 0.131 e. The number of hydrogen-bond donors (Lipinski definition) is 1. The van der Waals surface area contributed by atoms with Crippen LogP contribution < -0.4 is 5.32 Å². The number of benzene rings is 2. The number of aryl methyl sites for hydroxylation is 1. The van der Waals surface area contributed by atoms with E-state index in [-0.39, 0.29) is 5.56 Å². The molecule has 2 rings (SSSR count). The number of nitrogens with one attached hydrogen (secondary N) is 1. The van der Waals surface area contributed by atoms with Crippen LogP contribution in [-0.4, -0.2) is 7.05 Å². The van der Waals surface area contributed by atoms with Gasteiger partial charge in [0, 0.05) is 10.0 Å². The molecule has 0 fully saturated rings. The lowest BCUT2D eigenvalue weighted by Crippen LogP contribution is -2.21. The molecule has 0 amide bonds. The lowest BCUT2D eigenvalue weighted by Gasteiger charge is -2.20. The third-order valence-electron chi connectivity index (χ3n) is 3.12. The monoisotopic (exact) mass is 325 g/mol. The first kappa shape index (κ1) is 14.2. The summed E-state index contributed by atoms with van der Waals surface area (Å²) >= 11 is 3.38. The number of hydrogen-bond acceptors (Lipinski definition) is 1. The molecule has 4 heteroatoms. The van der Waals surface area contributed by atoms with Gasteiger partial charge in [-0.25, -0.2) is 8.78 Å². The van der Waals surface area contributed by atoms with Crippen molar-refractivity contribution in [1.29, 1.82) is 0 Å². The maximum absolute atomic E-state index is 13.9. The van der Waals surface area contributed by atoms with E-state index < -0.39 is 17.7 Å². The zero-order valence-corrected chi connectivity index (χ0v) is 12.3. The molecule has 1 N–H and O–H groups in total. The highest BCUT2D eigenvalue weighted by Crippen LogP contribution is 2.30. The summed E-state index contributed by atoms with van der Waals surface area (Å²) < 4.78 is 28.7. The van der Waals surface area contributed by atoms with Gasteiger partial charge in [-0.3, -0.25) is 0 Å². The Morgan fingerprint density at radius 1 is 1.11 bits per heavy atom. The molecule has 1 unspecified atom stereocenters. The second-order valence-electron chi connectivity index (χ2n) is 4.36. The average molecular weight is 326 g/mol. The topological polar surface area (TPSA) is 12.0 Å². The molecule has 19 heavy (non-hydrogen) atoms. The molecule has 0 radical (unpaired) electrons. The fourth-order valence-electron chi connectivity index (χ4n) is 2.20. The Bertz CT molecular complexity index is 578. The van der Waals surface area contributed by atoms with E-state index in [0.717, 1.165) is 15.6 Å². The molecule has 0 spiro atoms. The zero-order chi connectivity index (χ0) is 14.0. The lowest BCUT2D eigenvalue weighted by atomic mass is 9.94. The quantitative estimate of drug-likeness (QED) is 0.884. The highest BCUT2D eigenvalue weighted by Gasteiger charge is 2.21. The SMILES string of the molecule is CNC(c1ccc(Br)cc1C)c1c(F)cccc1F. The summed E-state index contributed by atoms with van der Waals surface area (Å²) in [6, 6.07) is 9.08. The maximum atomic E-state index is 13.9. The van der Waals surface area contributed by atoms with Crippen LogP contribution in [0.4, 0.5) is 8.78 Å². The molecule has 1 nitrogen and oxygen atoms in total. The Kier molecular flexibility index (Phi) is 4.32. The predicted molar refractivity (Wildman–Crippen MR) is 76.1 cm³/mol. The van der Waals surface area contributed by atoms with Gasteiger partial charge in [0.1, 0.15) is 11.6 Å². The Labute approximate surface area is 119 Å². The van der Waals surface area contributed by atoms with E-state index in [1.54, 1.807) is 7.05 Å². The van der Waals surface area contributed by atoms with Gasteiger partial charge in [-0.15, -0.1) is 0 Å². The predicted octanol–water partition coefficient (Wildman–Crippen LogP) is 4.34. The minimum atomic E-state index is -0.540. The van der Waals surface area contributed by atoms with E-state index in [1.165, 1.54) is 18.2 Å². The molecule has 2 aromatic rings. The van der Waals surface area contributed by atoms with Crippen molar-refractivity contribution in [1.82, 2.24) is 5.32 Å². The molecule has 100 valence electrons. The third kappa shape index (κ3) is 2.85. The molecule has 0 saturated heterocycles. The Morgan fingerprint density at radius 2 is 1.74 bits per heavy atom. The van der Waals surface area contributed by atoms with Gasteiger partial charge in [-0.2, -0.15) is 0 Å². The summed E-state index contributed by atoms with van der Waals surface area (Å²) in [4.78, 5) is 0.